The molecule has 1 atom stereocenters. The molecule has 1 aromatic rings. The van der Waals surface area contributed by atoms with Gasteiger partial charge in [-0.2, -0.15) is 13.2 Å². The normalized spacial score (nSPS) is 13.2. The molecule has 0 aromatic heterocycles. The molecule has 0 bridgehead atoms. The Bertz CT molecular complexity index is 406. The molecule has 1 rings (SSSR count). The molecule has 1 aromatic carbocycles. The van der Waals surface area contributed by atoms with Gasteiger partial charge in [0.25, 0.3) is 0 Å². The second kappa shape index (κ2) is 6.33. The van der Waals surface area contributed by atoms with Gasteiger partial charge in [0, 0.05) is 5.02 Å². The lowest BCUT2D eigenvalue weighted by Crippen LogP contribution is -2.17. The third-order valence-corrected chi connectivity index (χ3v) is 3.14. The van der Waals surface area contributed by atoms with Crippen LogP contribution >= 0.6 is 23.4 Å². The van der Waals surface area contributed by atoms with Crippen LogP contribution in [0.2, 0.25) is 5.02 Å². The van der Waals surface area contributed by atoms with E-state index in [2.05, 4.69) is 4.74 Å². The van der Waals surface area contributed by atoms with Crippen molar-refractivity contribution >= 4 is 29.3 Å². The third-order valence-electron chi connectivity index (χ3n) is 1.92. The number of benzene rings is 1. The monoisotopic (exact) mass is 298 g/mol. The maximum atomic E-state index is 12.4. The van der Waals surface area contributed by atoms with Gasteiger partial charge >= 0.3 is 11.5 Å². The average Bonchev–Trinajstić information content (AvgIpc) is 2.26. The molecule has 7 heteroatoms. The van der Waals surface area contributed by atoms with Gasteiger partial charge in [0.1, 0.15) is 5.25 Å². The third kappa shape index (κ3) is 4.78. The first-order chi connectivity index (χ1) is 8.33. The van der Waals surface area contributed by atoms with E-state index in [1.807, 2.05) is 0 Å². The molecule has 18 heavy (non-hydrogen) atoms. The van der Waals surface area contributed by atoms with E-state index in [9.17, 15) is 18.0 Å². The molecule has 100 valence electrons. The fraction of sp³-hybridized carbons (Fsp3) is 0.364. The SMILES string of the molecule is CCOC(=O)[C@H](SC(F)(F)F)c1ccc(Cl)cc1. The first kappa shape index (κ1) is 15.2. The molecule has 0 unspecified atom stereocenters. The highest BCUT2D eigenvalue weighted by Gasteiger charge is 2.38. The molecule has 0 spiro atoms. The van der Waals surface area contributed by atoms with Crippen molar-refractivity contribution in [3.63, 3.8) is 0 Å². The largest absolute Gasteiger partial charge is 0.465 e. The van der Waals surface area contributed by atoms with Crippen molar-refractivity contribution in [2.75, 3.05) is 6.61 Å². The first-order valence-corrected chi connectivity index (χ1v) is 6.26. The Kier molecular flexibility index (Phi) is 5.34. The van der Waals surface area contributed by atoms with E-state index in [4.69, 9.17) is 11.6 Å². The minimum Gasteiger partial charge on any atom is -0.465 e. The van der Waals surface area contributed by atoms with E-state index < -0.39 is 28.5 Å². The fourth-order valence-electron chi connectivity index (χ4n) is 1.24. The molecule has 0 saturated heterocycles. The number of rotatable bonds is 4. The van der Waals surface area contributed by atoms with Crippen molar-refractivity contribution in [2.24, 2.45) is 0 Å². The highest BCUT2D eigenvalue weighted by molar-refractivity contribution is 8.01. The molecule has 0 aliphatic carbocycles. The Morgan fingerprint density at radius 2 is 1.94 bits per heavy atom. The van der Waals surface area contributed by atoms with Gasteiger partial charge in [-0.15, -0.1) is 0 Å². The molecule has 0 saturated carbocycles. The predicted octanol–water partition coefficient (Wildman–Crippen LogP) is 4.20. The maximum absolute atomic E-state index is 12.4. The van der Waals surface area contributed by atoms with Gasteiger partial charge in [0.05, 0.1) is 6.61 Å². The van der Waals surface area contributed by atoms with Gasteiger partial charge in [0.2, 0.25) is 0 Å². The number of carbonyl (C=O) groups is 1. The molecule has 0 N–H and O–H groups in total. The topological polar surface area (TPSA) is 26.3 Å². The van der Waals surface area contributed by atoms with Crippen LogP contribution in [0.4, 0.5) is 13.2 Å². The van der Waals surface area contributed by atoms with Crippen LogP contribution in [0, 0.1) is 0 Å². The molecule has 0 amide bonds. The van der Waals surface area contributed by atoms with Crippen LogP contribution < -0.4 is 0 Å². The van der Waals surface area contributed by atoms with E-state index in [0.717, 1.165) is 0 Å². The van der Waals surface area contributed by atoms with Gasteiger partial charge in [-0.1, -0.05) is 23.7 Å². The summed E-state index contributed by atoms with van der Waals surface area (Å²) in [5, 5.41) is -1.04. The molecule has 0 radical (unpaired) electrons. The zero-order valence-electron chi connectivity index (χ0n) is 9.33. The van der Waals surface area contributed by atoms with Crippen molar-refractivity contribution in [1.82, 2.24) is 0 Å². The van der Waals surface area contributed by atoms with Crippen LogP contribution in [0.1, 0.15) is 17.7 Å². The molecule has 0 heterocycles. The minimum absolute atomic E-state index is 0.0291. The summed E-state index contributed by atoms with van der Waals surface area (Å²) in [5.74, 6) is -0.915. The summed E-state index contributed by atoms with van der Waals surface area (Å²) in [6.45, 7) is 1.57. The van der Waals surface area contributed by atoms with Crippen LogP contribution in [0.15, 0.2) is 24.3 Å². The number of halogens is 4. The van der Waals surface area contributed by atoms with Crippen molar-refractivity contribution < 1.29 is 22.7 Å². The zero-order valence-corrected chi connectivity index (χ0v) is 10.9. The first-order valence-electron chi connectivity index (χ1n) is 5.00. The summed E-state index contributed by atoms with van der Waals surface area (Å²) < 4.78 is 41.8. The Morgan fingerprint density at radius 3 is 2.39 bits per heavy atom. The van der Waals surface area contributed by atoms with E-state index in [-0.39, 0.29) is 12.2 Å². The summed E-state index contributed by atoms with van der Waals surface area (Å²) in [6.07, 6.45) is 0. The van der Waals surface area contributed by atoms with Crippen LogP contribution in [0.5, 0.6) is 0 Å². The van der Waals surface area contributed by atoms with Gasteiger partial charge in [-0.25, -0.2) is 0 Å². The lowest BCUT2D eigenvalue weighted by Gasteiger charge is -2.17. The lowest BCUT2D eigenvalue weighted by molar-refractivity contribution is -0.142. The number of ether oxygens (including phenoxy) is 1. The van der Waals surface area contributed by atoms with Gasteiger partial charge in [-0.05, 0) is 36.4 Å². The Hall–Kier alpha value is -0.880. The lowest BCUT2D eigenvalue weighted by atomic mass is 10.1. The summed E-state index contributed by atoms with van der Waals surface area (Å²) in [4.78, 5) is 11.5. The summed E-state index contributed by atoms with van der Waals surface area (Å²) >= 11 is 5.24. The van der Waals surface area contributed by atoms with Crippen molar-refractivity contribution in [1.29, 1.82) is 0 Å². The van der Waals surface area contributed by atoms with Crippen molar-refractivity contribution in [3.05, 3.63) is 34.9 Å². The van der Waals surface area contributed by atoms with E-state index in [1.165, 1.54) is 31.2 Å². The Balaban J connectivity index is 2.96. The van der Waals surface area contributed by atoms with Crippen LogP contribution in [-0.2, 0) is 9.53 Å². The highest BCUT2D eigenvalue weighted by atomic mass is 35.5. The smallest absolute Gasteiger partial charge is 0.442 e. The highest BCUT2D eigenvalue weighted by Crippen LogP contribution is 2.42. The molecule has 0 aliphatic heterocycles. The molecule has 0 fully saturated rings. The van der Waals surface area contributed by atoms with Crippen LogP contribution in [-0.4, -0.2) is 18.1 Å². The van der Waals surface area contributed by atoms with Gasteiger partial charge in [0.15, 0.2) is 0 Å². The fourth-order valence-corrected chi connectivity index (χ4v) is 2.09. The quantitative estimate of drug-likeness (QED) is 0.779. The zero-order chi connectivity index (χ0) is 13.8. The molecular weight excluding hydrogens is 289 g/mol. The molecular formula is C11H10ClF3O2S. The second-order valence-corrected chi connectivity index (χ2v) is 4.85. The van der Waals surface area contributed by atoms with E-state index in [0.29, 0.717) is 5.02 Å². The number of hydrogen-bond acceptors (Lipinski definition) is 3. The minimum atomic E-state index is -4.52. The van der Waals surface area contributed by atoms with Crippen LogP contribution in [0.3, 0.4) is 0 Å². The summed E-state index contributed by atoms with van der Waals surface area (Å²) in [5.41, 5.74) is -4.31. The standard InChI is InChI=1S/C11H10ClF3O2S/c1-2-17-10(16)9(18-11(13,14)15)7-3-5-8(12)6-4-7/h3-6,9H,2H2,1H3/t9-/m1/s1. The number of hydrogen-bond donors (Lipinski definition) is 0. The Labute approximate surface area is 111 Å². The predicted molar refractivity (Wildman–Crippen MR) is 64.5 cm³/mol. The average molecular weight is 299 g/mol. The number of carbonyl (C=O) groups excluding carboxylic acids is 1. The van der Waals surface area contributed by atoms with E-state index in [1.54, 1.807) is 0 Å². The maximum Gasteiger partial charge on any atom is 0.442 e. The van der Waals surface area contributed by atoms with Gasteiger partial charge < -0.3 is 4.74 Å². The van der Waals surface area contributed by atoms with Crippen molar-refractivity contribution in [2.45, 2.75) is 17.7 Å². The van der Waals surface area contributed by atoms with E-state index >= 15 is 0 Å². The summed E-state index contributed by atoms with van der Waals surface area (Å²) in [7, 11) is 0. The molecule has 0 aliphatic rings. The number of thioether (sulfide) groups is 1. The van der Waals surface area contributed by atoms with Gasteiger partial charge in [-0.3, -0.25) is 4.79 Å². The Morgan fingerprint density at radius 1 is 1.39 bits per heavy atom. The van der Waals surface area contributed by atoms with Crippen molar-refractivity contribution in [3.8, 4) is 0 Å². The second-order valence-electron chi connectivity index (χ2n) is 3.25. The number of alkyl halides is 3. The summed E-state index contributed by atoms with van der Waals surface area (Å²) in [6, 6.07) is 5.62. The molecule has 2 nitrogen and oxygen atoms in total. The van der Waals surface area contributed by atoms with Crippen LogP contribution in [0.25, 0.3) is 0 Å². The number of esters is 1.